The van der Waals surface area contributed by atoms with E-state index in [1.54, 1.807) is 29.2 Å². The van der Waals surface area contributed by atoms with Crippen molar-refractivity contribution in [3.63, 3.8) is 0 Å². The average Bonchev–Trinajstić information content (AvgIpc) is 3.45. The molecule has 0 spiro atoms. The van der Waals surface area contributed by atoms with E-state index in [1.807, 2.05) is 61.7 Å². The fraction of sp³-hybridized carbons (Fsp3) is 0.273. The van der Waals surface area contributed by atoms with Crippen molar-refractivity contribution < 1.29 is 19.4 Å². The Labute approximate surface area is 228 Å². The van der Waals surface area contributed by atoms with Crippen molar-refractivity contribution in [3.05, 3.63) is 107 Å². The summed E-state index contributed by atoms with van der Waals surface area (Å²) in [5, 5.41) is 12.5. The van der Waals surface area contributed by atoms with Crippen LogP contribution in [0.3, 0.4) is 0 Å². The second-order valence-corrected chi connectivity index (χ2v) is 10.9. The number of amides is 1. The number of carbonyl (C=O) groups excluding carboxylic acids is 2. The fourth-order valence-corrected chi connectivity index (χ4v) is 5.23. The van der Waals surface area contributed by atoms with Crippen molar-refractivity contribution in [3.8, 4) is 5.75 Å². The van der Waals surface area contributed by atoms with E-state index in [0.29, 0.717) is 30.9 Å². The van der Waals surface area contributed by atoms with Crippen molar-refractivity contribution in [2.75, 3.05) is 13.2 Å². The first kappa shape index (κ1) is 26.3. The molecule has 6 nitrogen and oxygen atoms in total. The molecule has 0 bridgehead atoms. The van der Waals surface area contributed by atoms with E-state index in [2.05, 4.69) is 25.8 Å². The number of aromatic nitrogens is 1. The summed E-state index contributed by atoms with van der Waals surface area (Å²) in [5.41, 5.74) is 4.55. The van der Waals surface area contributed by atoms with Gasteiger partial charge in [-0.25, -0.2) is 0 Å². The predicted molar refractivity (Wildman–Crippen MR) is 154 cm³/mol. The molecule has 1 aliphatic heterocycles. The van der Waals surface area contributed by atoms with E-state index < -0.39 is 17.7 Å². The highest BCUT2D eigenvalue weighted by Crippen LogP contribution is 2.40. The van der Waals surface area contributed by atoms with Crippen LogP contribution in [-0.4, -0.2) is 39.8 Å². The number of benzene rings is 3. The minimum Gasteiger partial charge on any atom is -0.507 e. The summed E-state index contributed by atoms with van der Waals surface area (Å²) >= 11 is 0. The lowest BCUT2D eigenvalue weighted by molar-refractivity contribution is -0.139. The number of aliphatic hydroxyl groups excluding tert-OH is 1. The minimum absolute atomic E-state index is 0.0437. The second kappa shape index (κ2) is 10.4. The Morgan fingerprint density at radius 3 is 2.33 bits per heavy atom. The highest BCUT2D eigenvalue weighted by atomic mass is 16.5. The quantitative estimate of drug-likeness (QED) is 0.164. The van der Waals surface area contributed by atoms with E-state index in [4.69, 9.17) is 4.74 Å². The van der Waals surface area contributed by atoms with Gasteiger partial charge in [-0.3, -0.25) is 9.59 Å². The zero-order valence-electron chi connectivity index (χ0n) is 22.8. The number of aromatic amines is 1. The number of rotatable bonds is 7. The maximum Gasteiger partial charge on any atom is 0.295 e. The molecule has 2 N–H and O–H groups in total. The van der Waals surface area contributed by atoms with Crippen molar-refractivity contribution in [2.24, 2.45) is 0 Å². The summed E-state index contributed by atoms with van der Waals surface area (Å²) in [6, 6.07) is 22.2. The monoisotopic (exact) mass is 522 g/mol. The first-order chi connectivity index (χ1) is 18.7. The molecule has 2 heterocycles. The number of likely N-dealkylation sites (tertiary alicyclic amines) is 1. The average molecular weight is 523 g/mol. The third kappa shape index (κ3) is 5.07. The Bertz CT molecular complexity index is 1540. The van der Waals surface area contributed by atoms with Gasteiger partial charge in [-0.1, -0.05) is 63.2 Å². The lowest BCUT2D eigenvalue weighted by atomic mass is 9.85. The van der Waals surface area contributed by atoms with Gasteiger partial charge in [0, 0.05) is 29.2 Å². The van der Waals surface area contributed by atoms with Crippen LogP contribution in [-0.2, 0) is 21.4 Å². The van der Waals surface area contributed by atoms with Crippen molar-refractivity contribution in [2.45, 2.75) is 45.6 Å². The number of nitrogens with zero attached hydrogens (tertiary/aromatic N) is 1. The standard InChI is InChI=1S/C33H34N2O4/c1-5-39-25-16-12-22(13-17-25)30(36)28-29(21-10-14-24(15-11-21)33(2,3)4)35(32(38)31(28)37)19-18-23-20-34-27-9-7-6-8-26(23)27/h6-17,20,29,34,36H,5,18-19H2,1-4H3. The van der Waals surface area contributed by atoms with Gasteiger partial charge in [-0.05, 0) is 65.8 Å². The highest BCUT2D eigenvalue weighted by molar-refractivity contribution is 6.46. The van der Waals surface area contributed by atoms with Gasteiger partial charge in [-0.2, -0.15) is 0 Å². The third-order valence-corrected chi connectivity index (χ3v) is 7.37. The van der Waals surface area contributed by atoms with Crippen LogP contribution < -0.4 is 4.74 Å². The van der Waals surface area contributed by atoms with E-state index >= 15 is 0 Å². The van der Waals surface area contributed by atoms with E-state index in [9.17, 15) is 14.7 Å². The summed E-state index contributed by atoms with van der Waals surface area (Å²) in [5.74, 6) is -0.795. The number of Topliss-reactive ketones (excluding diaryl/α,β-unsaturated/α-hetero) is 1. The Morgan fingerprint density at radius 1 is 0.974 bits per heavy atom. The Hall–Kier alpha value is -4.32. The number of hydrogen-bond donors (Lipinski definition) is 2. The van der Waals surface area contributed by atoms with Gasteiger partial charge >= 0.3 is 0 Å². The van der Waals surface area contributed by atoms with Crippen LogP contribution in [0.5, 0.6) is 5.75 Å². The normalized spacial score (nSPS) is 17.2. The molecule has 200 valence electrons. The van der Waals surface area contributed by atoms with E-state index in [1.165, 1.54) is 0 Å². The van der Waals surface area contributed by atoms with Crippen LogP contribution in [0, 0.1) is 0 Å². The second-order valence-electron chi connectivity index (χ2n) is 10.9. The Morgan fingerprint density at radius 2 is 1.67 bits per heavy atom. The topological polar surface area (TPSA) is 82.6 Å². The molecule has 39 heavy (non-hydrogen) atoms. The van der Waals surface area contributed by atoms with E-state index in [-0.39, 0.29) is 16.7 Å². The molecular weight excluding hydrogens is 488 g/mol. The number of aliphatic hydroxyl groups is 1. The number of para-hydroxylation sites is 1. The molecule has 1 saturated heterocycles. The van der Waals surface area contributed by atoms with Gasteiger partial charge in [0.25, 0.3) is 11.7 Å². The fourth-order valence-electron chi connectivity index (χ4n) is 5.23. The molecule has 0 saturated carbocycles. The highest BCUT2D eigenvalue weighted by Gasteiger charge is 2.46. The molecule has 1 aliphatic rings. The lowest BCUT2D eigenvalue weighted by Crippen LogP contribution is -2.31. The lowest BCUT2D eigenvalue weighted by Gasteiger charge is -2.26. The van der Waals surface area contributed by atoms with Crippen molar-refractivity contribution in [1.29, 1.82) is 0 Å². The molecular formula is C33H34N2O4. The number of hydrogen-bond acceptors (Lipinski definition) is 4. The van der Waals surface area contributed by atoms with Gasteiger partial charge in [0.15, 0.2) is 0 Å². The third-order valence-electron chi connectivity index (χ3n) is 7.37. The molecule has 3 aromatic carbocycles. The van der Waals surface area contributed by atoms with Crippen LogP contribution in [0.2, 0.25) is 0 Å². The number of carbonyl (C=O) groups is 2. The molecule has 1 amide bonds. The Balaban J connectivity index is 1.55. The molecule has 1 atom stereocenters. The first-order valence-electron chi connectivity index (χ1n) is 13.4. The van der Waals surface area contributed by atoms with Gasteiger partial charge in [0.05, 0.1) is 18.2 Å². The van der Waals surface area contributed by atoms with Gasteiger partial charge in [-0.15, -0.1) is 0 Å². The summed E-state index contributed by atoms with van der Waals surface area (Å²) in [4.78, 5) is 31.7. The van der Waals surface area contributed by atoms with Gasteiger partial charge in [0.2, 0.25) is 0 Å². The van der Waals surface area contributed by atoms with Gasteiger partial charge < -0.3 is 19.7 Å². The molecule has 5 rings (SSSR count). The largest absolute Gasteiger partial charge is 0.507 e. The number of ketones is 1. The number of fused-ring (bicyclic) bond motifs is 1. The van der Waals surface area contributed by atoms with Crippen LogP contribution in [0.15, 0.2) is 84.6 Å². The zero-order valence-corrected chi connectivity index (χ0v) is 22.8. The first-order valence-corrected chi connectivity index (χ1v) is 13.4. The van der Waals surface area contributed by atoms with Crippen LogP contribution >= 0.6 is 0 Å². The minimum atomic E-state index is -0.698. The van der Waals surface area contributed by atoms with E-state index in [0.717, 1.165) is 27.6 Å². The molecule has 6 heteroatoms. The number of H-pyrrole nitrogens is 1. The molecule has 1 unspecified atom stereocenters. The van der Waals surface area contributed by atoms with Crippen molar-refractivity contribution in [1.82, 2.24) is 9.88 Å². The number of nitrogens with one attached hydrogen (secondary N) is 1. The van der Waals surface area contributed by atoms with Crippen molar-refractivity contribution >= 4 is 28.4 Å². The molecule has 0 aliphatic carbocycles. The van der Waals surface area contributed by atoms with Crippen LogP contribution in [0.1, 0.15) is 56.0 Å². The Kier molecular flexibility index (Phi) is 7.04. The summed E-state index contributed by atoms with van der Waals surface area (Å²) in [6.45, 7) is 9.18. The maximum absolute atomic E-state index is 13.4. The van der Waals surface area contributed by atoms with Crippen LogP contribution in [0.25, 0.3) is 16.7 Å². The number of ether oxygens (including phenoxy) is 1. The zero-order chi connectivity index (χ0) is 27.7. The molecule has 4 aromatic rings. The van der Waals surface area contributed by atoms with Gasteiger partial charge in [0.1, 0.15) is 11.5 Å². The molecule has 1 fully saturated rings. The van der Waals surface area contributed by atoms with Crippen LogP contribution in [0.4, 0.5) is 0 Å². The molecule has 0 radical (unpaired) electrons. The summed E-state index contributed by atoms with van der Waals surface area (Å²) < 4.78 is 5.52. The smallest absolute Gasteiger partial charge is 0.295 e. The maximum atomic E-state index is 13.4. The molecule has 1 aromatic heterocycles. The SMILES string of the molecule is CCOc1ccc(C(O)=C2C(=O)C(=O)N(CCc3c[nH]c4ccccc34)C2c2ccc(C(C)(C)C)cc2)cc1. The summed E-state index contributed by atoms with van der Waals surface area (Å²) in [6.07, 6.45) is 2.52. The summed E-state index contributed by atoms with van der Waals surface area (Å²) in [7, 11) is 0. The predicted octanol–water partition coefficient (Wildman–Crippen LogP) is 6.53.